The zero-order chi connectivity index (χ0) is 54.3. The number of nitrogens with zero attached hydrogens (tertiary/aromatic N) is 1. The summed E-state index contributed by atoms with van der Waals surface area (Å²) in [6.45, 7) is 6.92. The van der Waals surface area contributed by atoms with E-state index in [-0.39, 0.29) is 23.7 Å². The number of hydrogen-bond donors (Lipinski definition) is 0. The maximum absolute atomic E-state index is 7.15. The van der Waals surface area contributed by atoms with E-state index in [1.54, 1.807) is 12.1 Å². The lowest BCUT2D eigenvalue weighted by Gasteiger charge is -2.41. The normalized spacial score (nSPS) is 23.1. The van der Waals surface area contributed by atoms with Crippen molar-refractivity contribution < 1.29 is 56.8 Å². The number of aryl methyl sites for hydroxylation is 4. The van der Waals surface area contributed by atoms with Gasteiger partial charge in [-0.2, -0.15) is 4.98 Å². The van der Waals surface area contributed by atoms with Crippen LogP contribution in [-0.4, -0.2) is 125 Å². The molecule has 13 heteroatoms. The monoisotopic (exact) mass is 1100 g/mol. The molecule has 2 saturated carbocycles. The number of fused-ring (bicyclic) bond motifs is 28. The highest BCUT2D eigenvalue weighted by molar-refractivity contribution is 5.59. The highest BCUT2D eigenvalue weighted by Crippen LogP contribution is 2.58. The number of methoxy groups -OCH3 is 2. The van der Waals surface area contributed by atoms with Crippen LogP contribution >= 0.6 is 0 Å². The van der Waals surface area contributed by atoms with Crippen LogP contribution in [0.4, 0.5) is 0 Å². The lowest BCUT2D eigenvalue weighted by Crippen LogP contribution is -2.25. The zero-order valence-corrected chi connectivity index (χ0v) is 47.6. The molecule has 4 atom stereocenters. The Kier molecular flexibility index (Phi) is 20.1. The Bertz CT molecular complexity index is 2630. The summed E-state index contributed by atoms with van der Waals surface area (Å²) in [5.74, 6) is 6.07. The fraction of sp³-hybridized carbons (Fsp3) is 0.567. The van der Waals surface area contributed by atoms with Gasteiger partial charge < -0.3 is 56.8 Å². The molecule has 2 fully saturated rings. The molecule has 0 amide bonds. The molecule has 0 radical (unpaired) electrons. The second-order valence-corrected chi connectivity index (χ2v) is 22.5. The molecular formula is C67H85NO12. The number of benzene rings is 4. The topological polar surface area (TPSA) is 124 Å². The second kappa shape index (κ2) is 28.5. The highest BCUT2D eigenvalue weighted by Gasteiger charge is 2.41. The van der Waals surface area contributed by atoms with Gasteiger partial charge in [-0.05, 0) is 167 Å². The Labute approximate surface area is 474 Å². The van der Waals surface area contributed by atoms with Crippen LogP contribution in [0, 0.1) is 0 Å². The van der Waals surface area contributed by atoms with Crippen LogP contribution in [0.3, 0.4) is 0 Å². The minimum atomic E-state index is 0.262. The van der Waals surface area contributed by atoms with Crippen molar-refractivity contribution in [3.05, 3.63) is 133 Å². The Hall–Kier alpha value is -5.41. The lowest BCUT2D eigenvalue weighted by molar-refractivity contribution is 0.00412. The maximum Gasteiger partial charge on any atom is 0.216 e. The molecule has 16 bridgehead atoms. The van der Waals surface area contributed by atoms with E-state index in [0.717, 1.165) is 113 Å². The number of aromatic nitrogens is 1. The summed E-state index contributed by atoms with van der Waals surface area (Å²) < 4.78 is 75.1. The largest absolute Gasteiger partial charge is 0.496 e. The van der Waals surface area contributed by atoms with Gasteiger partial charge in [-0.1, -0.05) is 67.4 Å². The second-order valence-electron chi connectivity index (χ2n) is 22.5. The summed E-state index contributed by atoms with van der Waals surface area (Å²) in [6.07, 6.45) is 16.8. The fourth-order valence-corrected chi connectivity index (χ4v) is 13.2. The molecule has 0 spiro atoms. The van der Waals surface area contributed by atoms with Gasteiger partial charge in [-0.25, -0.2) is 0 Å². The van der Waals surface area contributed by atoms with Crippen molar-refractivity contribution in [3.63, 3.8) is 0 Å². The van der Waals surface area contributed by atoms with E-state index in [4.69, 9.17) is 56.8 Å². The summed E-state index contributed by atoms with van der Waals surface area (Å²) in [5.41, 5.74) is 15.8. The van der Waals surface area contributed by atoms with Crippen molar-refractivity contribution in [3.8, 4) is 34.8 Å². The molecule has 4 aromatic carbocycles. The van der Waals surface area contributed by atoms with E-state index in [9.17, 15) is 0 Å². The Morgan fingerprint density at radius 2 is 0.662 bits per heavy atom. The molecule has 0 saturated heterocycles. The Morgan fingerprint density at radius 3 is 1.01 bits per heavy atom. The summed E-state index contributed by atoms with van der Waals surface area (Å²) in [5, 5.41) is 0. The van der Waals surface area contributed by atoms with Gasteiger partial charge in [0.2, 0.25) is 11.8 Å². The van der Waals surface area contributed by atoms with Crippen LogP contribution in [-0.2, 0) is 66.9 Å². The third kappa shape index (κ3) is 14.1. The number of hydrogen-bond acceptors (Lipinski definition) is 13. The van der Waals surface area contributed by atoms with Gasteiger partial charge in [0.15, 0.2) is 0 Å². The van der Waals surface area contributed by atoms with E-state index in [1.807, 2.05) is 20.3 Å². The number of ether oxygens (including phenoxy) is 12. The Balaban J connectivity index is 0.951. The molecule has 80 heavy (non-hydrogen) atoms. The third-order valence-corrected chi connectivity index (χ3v) is 17.3. The summed E-state index contributed by atoms with van der Waals surface area (Å²) in [7, 11) is 3.77. The molecule has 1 aromatic heterocycles. The minimum Gasteiger partial charge on any atom is -0.496 e. The van der Waals surface area contributed by atoms with E-state index in [0.29, 0.717) is 130 Å². The van der Waals surface area contributed by atoms with Crippen molar-refractivity contribution >= 4 is 0 Å². The molecule has 3 heterocycles. The minimum absolute atomic E-state index is 0.262. The SMILES string of the molecule is COc1c2cc3cc1[C@H]1CC[C@H]1c1cc(cc4c1OCCOCCOCCOCCOc1cccc(n1)OCCOCCOCCOCCOc1c(cc5cc1[C@@H]1CC[C@@H]1c1cc(cc(c1OC)C4)CCCCC5)C2)CCCCC3. The van der Waals surface area contributed by atoms with Crippen LogP contribution in [0.5, 0.6) is 34.8 Å². The zero-order valence-electron chi connectivity index (χ0n) is 47.6. The molecule has 5 aromatic rings. The Morgan fingerprint density at radius 1 is 0.350 bits per heavy atom. The first-order valence-electron chi connectivity index (χ1n) is 30.3. The van der Waals surface area contributed by atoms with Crippen molar-refractivity contribution in [2.45, 2.75) is 126 Å². The first-order valence-corrected chi connectivity index (χ1v) is 30.3. The van der Waals surface area contributed by atoms with Gasteiger partial charge in [0.1, 0.15) is 49.4 Å². The fourth-order valence-electron chi connectivity index (χ4n) is 13.2. The van der Waals surface area contributed by atoms with Gasteiger partial charge in [0.25, 0.3) is 0 Å². The van der Waals surface area contributed by atoms with Gasteiger partial charge in [0.05, 0.1) is 93.5 Å². The maximum atomic E-state index is 7.15. The number of pyridine rings is 1. The molecule has 0 N–H and O–H groups in total. The van der Waals surface area contributed by atoms with Crippen LogP contribution in [0.1, 0.15) is 155 Å². The summed E-state index contributed by atoms with van der Waals surface area (Å²) in [6, 6.07) is 25.4. The van der Waals surface area contributed by atoms with Crippen LogP contribution in [0.2, 0.25) is 0 Å². The van der Waals surface area contributed by atoms with Crippen molar-refractivity contribution in [1.29, 1.82) is 0 Å². The molecule has 0 unspecified atom stereocenters. The van der Waals surface area contributed by atoms with Crippen LogP contribution in [0.15, 0.2) is 66.7 Å². The van der Waals surface area contributed by atoms with Crippen LogP contribution in [0.25, 0.3) is 0 Å². The number of rotatable bonds is 2. The summed E-state index contributed by atoms with van der Waals surface area (Å²) >= 11 is 0. The van der Waals surface area contributed by atoms with Gasteiger partial charge >= 0.3 is 0 Å². The predicted molar refractivity (Wildman–Crippen MR) is 308 cm³/mol. The van der Waals surface area contributed by atoms with Gasteiger partial charge in [-0.3, -0.25) is 0 Å². The quantitative estimate of drug-likeness (QED) is 0.156. The van der Waals surface area contributed by atoms with Crippen LogP contribution < -0.4 is 28.4 Å². The average Bonchev–Trinajstić information content (AvgIpc) is 3.47. The molecule has 13 nitrogen and oxygen atoms in total. The molecule has 430 valence electrons. The standard InChI is InChI=1S/C67H85NO12/c1-69-64-50-36-46-10-5-3-7-13-49-39-53-45-51-37-47-11-6-4-8-12-48-38-52(44-50)66(61(43-48)57-19-17-55(57)59(41-47)65(51)70-2)79-34-30-75-26-22-71-20-24-73-28-32-77-62-14-9-15-63(68-62)78-33-29-74-25-21-72-23-27-76-31-35-80-67(53)60(42-49)56-18-16-54(56)58(64)40-46/h9,14-15,36-43,54-57H,3-8,10-13,16-35,44-45H2,1-2H3/t54-,55-,56+,57+/m0/s1. The van der Waals surface area contributed by atoms with E-state index >= 15 is 0 Å². The van der Waals surface area contributed by atoms with Crippen molar-refractivity contribution in [2.75, 3.05) is 120 Å². The summed E-state index contributed by atoms with van der Waals surface area (Å²) in [4.78, 5) is 4.46. The molecule has 12 rings (SSSR count). The van der Waals surface area contributed by atoms with Crippen molar-refractivity contribution in [2.24, 2.45) is 0 Å². The van der Waals surface area contributed by atoms with Crippen molar-refractivity contribution in [1.82, 2.24) is 4.98 Å². The predicted octanol–water partition coefficient (Wildman–Crippen LogP) is 11.8. The van der Waals surface area contributed by atoms with E-state index < -0.39 is 0 Å². The molecular weight excluding hydrogens is 1010 g/mol. The van der Waals surface area contributed by atoms with E-state index in [1.165, 1.54) is 66.8 Å². The highest BCUT2D eigenvalue weighted by atomic mass is 16.6. The van der Waals surface area contributed by atoms with Gasteiger partial charge in [-0.15, -0.1) is 0 Å². The third-order valence-electron chi connectivity index (χ3n) is 17.3. The smallest absolute Gasteiger partial charge is 0.216 e. The van der Waals surface area contributed by atoms with E-state index in [2.05, 4.69) is 53.5 Å². The first-order chi connectivity index (χ1) is 39.6. The first kappa shape index (κ1) is 56.5. The molecule has 2 aliphatic heterocycles. The lowest BCUT2D eigenvalue weighted by atomic mass is 9.64. The molecule has 5 aliphatic carbocycles. The van der Waals surface area contributed by atoms with Gasteiger partial charge in [0, 0.05) is 25.0 Å². The average molecular weight is 1100 g/mol. The molecule has 7 aliphatic rings.